The number of nitriles is 1. The van der Waals surface area contributed by atoms with Gasteiger partial charge in [-0.2, -0.15) is 9.57 Å². The third-order valence-corrected chi connectivity index (χ3v) is 4.72. The van der Waals surface area contributed by atoms with Crippen molar-refractivity contribution >= 4 is 10.0 Å². The second-order valence-electron chi connectivity index (χ2n) is 4.24. The van der Waals surface area contributed by atoms with Crippen molar-refractivity contribution in [3.63, 3.8) is 0 Å². The quantitative estimate of drug-likeness (QED) is 0.827. The standard InChI is InChI=1S/C13H17FN2O3S/c1-2-3-6-16(7-8-17)20(18,19)13-5-4-11(10-15)9-12(13)14/h4-5,9,17H,2-3,6-8H2,1H3. The van der Waals surface area contributed by atoms with E-state index in [0.29, 0.717) is 6.42 Å². The largest absolute Gasteiger partial charge is 0.395 e. The monoisotopic (exact) mass is 300 g/mol. The number of aliphatic hydroxyl groups is 1. The lowest BCUT2D eigenvalue weighted by molar-refractivity contribution is 0.252. The summed E-state index contributed by atoms with van der Waals surface area (Å²) >= 11 is 0. The SMILES string of the molecule is CCCCN(CCO)S(=O)(=O)c1ccc(C#N)cc1F. The first kappa shape index (κ1) is 16.6. The molecule has 20 heavy (non-hydrogen) atoms. The fourth-order valence-electron chi connectivity index (χ4n) is 1.72. The Labute approximate surface area is 118 Å². The lowest BCUT2D eigenvalue weighted by Gasteiger charge is -2.21. The van der Waals surface area contributed by atoms with E-state index in [9.17, 15) is 12.8 Å². The number of hydrogen-bond acceptors (Lipinski definition) is 4. The van der Waals surface area contributed by atoms with Crippen LogP contribution in [0.3, 0.4) is 0 Å². The molecule has 5 nitrogen and oxygen atoms in total. The average Bonchev–Trinajstić information content (AvgIpc) is 2.42. The maximum Gasteiger partial charge on any atom is 0.246 e. The number of rotatable bonds is 7. The molecule has 0 fully saturated rings. The van der Waals surface area contributed by atoms with Crippen LogP contribution in [-0.4, -0.2) is 37.5 Å². The molecule has 110 valence electrons. The van der Waals surface area contributed by atoms with E-state index in [-0.39, 0.29) is 25.3 Å². The maximum absolute atomic E-state index is 13.8. The zero-order valence-electron chi connectivity index (χ0n) is 11.2. The molecule has 0 spiro atoms. The summed E-state index contributed by atoms with van der Waals surface area (Å²) in [6.07, 6.45) is 1.41. The van der Waals surface area contributed by atoms with Crippen molar-refractivity contribution in [2.75, 3.05) is 19.7 Å². The Balaban J connectivity index is 3.16. The molecule has 1 N–H and O–H groups in total. The molecule has 1 aromatic carbocycles. The first-order valence-electron chi connectivity index (χ1n) is 6.28. The van der Waals surface area contributed by atoms with Crippen LogP contribution in [0.15, 0.2) is 23.1 Å². The number of halogens is 1. The highest BCUT2D eigenvalue weighted by molar-refractivity contribution is 7.89. The van der Waals surface area contributed by atoms with E-state index in [2.05, 4.69) is 0 Å². The molecule has 0 aliphatic heterocycles. The van der Waals surface area contributed by atoms with Gasteiger partial charge >= 0.3 is 0 Å². The zero-order valence-corrected chi connectivity index (χ0v) is 12.0. The van der Waals surface area contributed by atoms with Gasteiger partial charge < -0.3 is 5.11 Å². The number of unbranched alkanes of at least 4 members (excludes halogenated alkanes) is 1. The maximum atomic E-state index is 13.8. The number of aliphatic hydroxyl groups excluding tert-OH is 1. The Hall–Kier alpha value is -1.49. The predicted molar refractivity (Wildman–Crippen MR) is 71.9 cm³/mol. The molecule has 0 atom stereocenters. The van der Waals surface area contributed by atoms with E-state index < -0.39 is 20.7 Å². The van der Waals surface area contributed by atoms with Gasteiger partial charge in [0.05, 0.1) is 18.2 Å². The van der Waals surface area contributed by atoms with Gasteiger partial charge in [0, 0.05) is 13.1 Å². The van der Waals surface area contributed by atoms with Crippen molar-refractivity contribution in [1.82, 2.24) is 4.31 Å². The first-order chi connectivity index (χ1) is 9.47. The van der Waals surface area contributed by atoms with Crippen LogP contribution in [0.25, 0.3) is 0 Å². The van der Waals surface area contributed by atoms with Crippen molar-refractivity contribution in [3.05, 3.63) is 29.6 Å². The molecule has 1 rings (SSSR count). The van der Waals surface area contributed by atoms with E-state index in [1.807, 2.05) is 6.92 Å². The molecular formula is C13H17FN2O3S. The highest BCUT2D eigenvalue weighted by Crippen LogP contribution is 2.20. The molecule has 0 unspecified atom stereocenters. The lowest BCUT2D eigenvalue weighted by Crippen LogP contribution is -2.35. The van der Waals surface area contributed by atoms with Crippen molar-refractivity contribution in [3.8, 4) is 6.07 Å². The summed E-state index contributed by atoms with van der Waals surface area (Å²) in [4.78, 5) is -0.471. The molecule has 0 heterocycles. The van der Waals surface area contributed by atoms with Crippen molar-refractivity contribution in [2.45, 2.75) is 24.7 Å². The van der Waals surface area contributed by atoms with E-state index in [1.165, 1.54) is 6.07 Å². The summed E-state index contributed by atoms with van der Waals surface area (Å²) in [6, 6.07) is 4.98. The molecular weight excluding hydrogens is 283 g/mol. The summed E-state index contributed by atoms with van der Waals surface area (Å²) in [5, 5.41) is 17.6. The van der Waals surface area contributed by atoms with Gasteiger partial charge in [0.1, 0.15) is 10.7 Å². The number of nitrogens with zero attached hydrogens (tertiary/aromatic N) is 2. The van der Waals surface area contributed by atoms with Crippen LogP contribution in [0.4, 0.5) is 4.39 Å². The molecule has 0 aromatic heterocycles. The Kier molecular flexibility index (Phi) is 6.07. The van der Waals surface area contributed by atoms with E-state index in [0.717, 1.165) is 22.9 Å². The van der Waals surface area contributed by atoms with E-state index >= 15 is 0 Å². The van der Waals surface area contributed by atoms with Crippen molar-refractivity contribution < 1.29 is 17.9 Å². The smallest absolute Gasteiger partial charge is 0.246 e. The fraction of sp³-hybridized carbons (Fsp3) is 0.462. The van der Waals surface area contributed by atoms with Gasteiger partial charge in [-0.25, -0.2) is 12.8 Å². The van der Waals surface area contributed by atoms with Crippen LogP contribution >= 0.6 is 0 Å². The minimum Gasteiger partial charge on any atom is -0.395 e. The Bertz CT molecular complexity index is 596. The van der Waals surface area contributed by atoms with Crippen LogP contribution in [-0.2, 0) is 10.0 Å². The predicted octanol–water partition coefficient (Wildman–Crippen LogP) is 1.48. The second-order valence-corrected chi connectivity index (χ2v) is 6.14. The van der Waals surface area contributed by atoms with Crippen LogP contribution in [0, 0.1) is 17.1 Å². The van der Waals surface area contributed by atoms with Crippen LogP contribution < -0.4 is 0 Å². The molecule has 0 bridgehead atoms. The van der Waals surface area contributed by atoms with E-state index in [4.69, 9.17) is 10.4 Å². The van der Waals surface area contributed by atoms with Gasteiger partial charge in [0.15, 0.2) is 0 Å². The summed E-state index contributed by atoms with van der Waals surface area (Å²) in [7, 11) is -4.00. The van der Waals surface area contributed by atoms with Gasteiger partial charge in [0.2, 0.25) is 10.0 Å². The molecule has 0 saturated carbocycles. The van der Waals surface area contributed by atoms with Gasteiger partial charge in [-0.05, 0) is 24.6 Å². The first-order valence-corrected chi connectivity index (χ1v) is 7.72. The highest BCUT2D eigenvalue weighted by atomic mass is 32.2. The molecule has 0 amide bonds. The van der Waals surface area contributed by atoms with Crippen LogP contribution in [0.1, 0.15) is 25.3 Å². The van der Waals surface area contributed by atoms with Gasteiger partial charge in [-0.15, -0.1) is 0 Å². The summed E-state index contributed by atoms with van der Waals surface area (Å²) < 4.78 is 39.6. The third-order valence-electron chi connectivity index (χ3n) is 2.79. The minimum absolute atomic E-state index is 0.0590. The molecule has 0 saturated heterocycles. The Morgan fingerprint density at radius 2 is 2.10 bits per heavy atom. The molecule has 0 radical (unpaired) electrons. The van der Waals surface area contributed by atoms with E-state index in [1.54, 1.807) is 6.07 Å². The molecule has 0 aliphatic carbocycles. The second kappa shape index (κ2) is 7.33. The fourth-order valence-corrected chi connectivity index (χ4v) is 3.23. The summed E-state index contributed by atoms with van der Waals surface area (Å²) in [5.41, 5.74) is 0.0590. The molecule has 1 aromatic rings. The van der Waals surface area contributed by atoms with Gasteiger partial charge in [0.25, 0.3) is 0 Å². The highest BCUT2D eigenvalue weighted by Gasteiger charge is 2.26. The van der Waals surface area contributed by atoms with Crippen LogP contribution in [0.2, 0.25) is 0 Å². The third kappa shape index (κ3) is 3.76. The zero-order chi connectivity index (χ0) is 15.2. The topological polar surface area (TPSA) is 81.4 Å². The number of sulfonamides is 1. The van der Waals surface area contributed by atoms with Crippen molar-refractivity contribution in [1.29, 1.82) is 5.26 Å². The number of benzene rings is 1. The Morgan fingerprint density at radius 3 is 2.60 bits per heavy atom. The average molecular weight is 300 g/mol. The minimum atomic E-state index is -4.00. The van der Waals surface area contributed by atoms with Crippen molar-refractivity contribution in [2.24, 2.45) is 0 Å². The number of hydrogen-bond donors (Lipinski definition) is 1. The summed E-state index contributed by atoms with van der Waals surface area (Å²) in [6.45, 7) is 1.72. The lowest BCUT2D eigenvalue weighted by atomic mass is 10.2. The summed E-state index contributed by atoms with van der Waals surface area (Å²) in [5.74, 6) is -0.955. The van der Waals surface area contributed by atoms with Gasteiger partial charge in [-0.3, -0.25) is 0 Å². The molecule has 0 aliphatic rings. The van der Waals surface area contributed by atoms with Gasteiger partial charge in [-0.1, -0.05) is 13.3 Å². The molecule has 7 heteroatoms. The Morgan fingerprint density at radius 1 is 1.40 bits per heavy atom. The van der Waals surface area contributed by atoms with Crippen LogP contribution in [0.5, 0.6) is 0 Å². The normalized spacial score (nSPS) is 11.6.